The Morgan fingerprint density at radius 3 is 2.81 bits per heavy atom. The number of pyridine rings is 1. The molecular formula is C15H20N4O2. The first-order valence-electron chi connectivity index (χ1n) is 7.37. The molecule has 6 heteroatoms. The van der Waals surface area contributed by atoms with Gasteiger partial charge in [-0.25, -0.2) is 0 Å². The number of nitrogens with zero attached hydrogens (tertiary/aromatic N) is 4. The van der Waals surface area contributed by atoms with E-state index in [1.165, 1.54) is 0 Å². The molecule has 1 saturated heterocycles. The average molecular weight is 288 g/mol. The Morgan fingerprint density at radius 2 is 2.14 bits per heavy atom. The van der Waals surface area contributed by atoms with Gasteiger partial charge in [-0.1, -0.05) is 6.92 Å². The second kappa shape index (κ2) is 5.44. The lowest BCUT2D eigenvalue weighted by Gasteiger charge is -2.40. The van der Waals surface area contributed by atoms with Gasteiger partial charge in [0.25, 0.3) is 5.91 Å². The Balaban J connectivity index is 1.74. The van der Waals surface area contributed by atoms with Crippen molar-refractivity contribution in [1.29, 1.82) is 0 Å². The maximum absolute atomic E-state index is 12.6. The third-order valence-electron chi connectivity index (χ3n) is 4.73. The van der Waals surface area contributed by atoms with Crippen molar-refractivity contribution in [3.05, 3.63) is 30.2 Å². The van der Waals surface area contributed by atoms with Gasteiger partial charge >= 0.3 is 0 Å². The van der Waals surface area contributed by atoms with E-state index in [0.717, 1.165) is 24.9 Å². The van der Waals surface area contributed by atoms with E-state index in [1.54, 1.807) is 29.1 Å². The fourth-order valence-electron chi connectivity index (χ4n) is 2.94. The van der Waals surface area contributed by atoms with Crippen LogP contribution in [0.25, 0.3) is 5.65 Å². The standard InChI is InChI=1S/C15H20N4O2/c1-2-15(10-20)5-7-18(8-6-15)14(21)12-3-4-13-17-16-11-19(13)9-12/h3-4,9,11,20H,2,5-8,10H2,1H3. The van der Waals surface area contributed by atoms with E-state index >= 15 is 0 Å². The van der Waals surface area contributed by atoms with E-state index in [4.69, 9.17) is 0 Å². The number of aliphatic hydroxyl groups excluding tert-OH is 1. The average Bonchev–Trinajstić information content (AvgIpc) is 3.02. The fourth-order valence-corrected chi connectivity index (χ4v) is 2.94. The number of carbonyl (C=O) groups excluding carboxylic acids is 1. The van der Waals surface area contributed by atoms with Gasteiger partial charge in [0.05, 0.1) is 5.56 Å². The van der Waals surface area contributed by atoms with E-state index in [0.29, 0.717) is 18.7 Å². The highest BCUT2D eigenvalue weighted by molar-refractivity contribution is 5.94. The van der Waals surface area contributed by atoms with E-state index in [-0.39, 0.29) is 17.9 Å². The summed E-state index contributed by atoms with van der Waals surface area (Å²) in [5, 5.41) is 17.3. The van der Waals surface area contributed by atoms with Crippen molar-refractivity contribution in [2.24, 2.45) is 5.41 Å². The van der Waals surface area contributed by atoms with Crippen LogP contribution in [-0.4, -0.2) is 50.2 Å². The molecule has 0 spiro atoms. The van der Waals surface area contributed by atoms with Gasteiger partial charge in [0.1, 0.15) is 6.33 Å². The van der Waals surface area contributed by atoms with E-state index in [1.807, 2.05) is 4.90 Å². The molecule has 6 nitrogen and oxygen atoms in total. The molecule has 1 amide bonds. The lowest BCUT2D eigenvalue weighted by molar-refractivity contribution is 0.0338. The molecule has 0 aromatic carbocycles. The summed E-state index contributed by atoms with van der Waals surface area (Å²) in [4.78, 5) is 14.4. The summed E-state index contributed by atoms with van der Waals surface area (Å²) in [5.41, 5.74) is 1.38. The van der Waals surface area contributed by atoms with Crippen molar-refractivity contribution >= 4 is 11.6 Å². The minimum atomic E-state index is -0.00496. The Labute approximate surface area is 123 Å². The molecular weight excluding hydrogens is 268 g/mol. The lowest BCUT2D eigenvalue weighted by Crippen LogP contribution is -2.44. The van der Waals surface area contributed by atoms with Crippen molar-refractivity contribution in [3.63, 3.8) is 0 Å². The maximum atomic E-state index is 12.6. The zero-order valence-corrected chi connectivity index (χ0v) is 12.2. The molecule has 3 rings (SSSR count). The normalized spacial score (nSPS) is 18.1. The molecule has 112 valence electrons. The summed E-state index contributed by atoms with van der Waals surface area (Å²) in [5.74, 6) is 0.0354. The smallest absolute Gasteiger partial charge is 0.255 e. The minimum Gasteiger partial charge on any atom is -0.396 e. The van der Waals surface area contributed by atoms with Crippen molar-refractivity contribution in [2.45, 2.75) is 26.2 Å². The zero-order valence-electron chi connectivity index (χ0n) is 12.2. The van der Waals surface area contributed by atoms with Crippen LogP contribution >= 0.6 is 0 Å². The molecule has 0 saturated carbocycles. The lowest BCUT2D eigenvalue weighted by atomic mass is 9.77. The van der Waals surface area contributed by atoms with Gasteiger partial charge in [-0.15, -0.1) is 10.2 Å². The number of rotatable bonds is 3. The first-order valence-corrected chi connectivity index (χ1v) is 7.37. The van der Waals surface area contributed by atoms with Gasteiger partial charge in [0.2, 0.25) is 0 Å². The van der Waals surface area contributed by atoms with Crippen molar-refractivity contribution in [3.8, 4) is 0 Å². The molecule has 21 heavy (non-hydrogen) atoms. The van der Waals surface area contributed by atoms with Gasteiger partial charge < -0.3 is 10.0 Å². The van der Waals surface area contributed by atoms with E-state index < -0.39 is 0 Å². The van der Waals surface area contributed by atoms with Gasteiger partial charge in [0.15, 0.2) is 5.65 Å². The molecule has 1 N–H and O–H groups in total. The van der Waals surface area contributed by atoms with Crippen LogP contribution < -0.4 is 0 Å². The summed E-state index contributed by atoms with van der Waals surface area (Å²) in [6, 6.07) is 3.59. The number of piperidine rings is 1. The van der Waals surface area contributed by atoms with Crippen LogP contribution in [0.1, 0.15) is 36.5 Å². The van der Waals surface area contributed by atoms with Gasteiger partial charge in [-0.3, -0.25) is 9.20 Å². The first kappa shape index (κ1) is 14.0. The predicted octanol–water partition coefficient (Wildman–Crippen LogP) is 1.35. The minimum absolute atomic E-state index is 0.00496. The molecule has 1 fully saturated rings. The van der Waals surface area contributed by atoms with Crippen LogP contribution in [0.2, 0.25) is 0 Å². The van der Waals surface area contributed by atoms with Crippen molar-refractivity contribution in [1.82, 2.24) is 19.5 Å². The molecule has 0 unspecified atom stereocenters. The molecule has 2 aromatic heterocycles. The number of hydrogen-bond acceptors (Lipinski definition) is 4. The van der Waals surface area contributed by atoms with Gasteiger partial charge in [-0.2, -0.15) is 0 Å². The number of amides is 1. The Bertz CT molecular complexity index is 638. The number of fused-ring (bicyclic) bond motifs is 1. The monoisotopic (exact) mass is 288 g/mol. The van der Waals surface area contributed by atoms with E-state index in [2.05, 4.69) is 17.1 Å². The highest BCUT2D eigenvalue weighted by Crippen LogP contribution is 2.34. The van der Waals surface area contributed by atoms with Crippen LogP contribution in [0, 0.1) is 5.41 Å². The molecule has 0 atom stereocenters. The highest BCUT2D eigenvalue weighted by Gasteiger charge is 2.34. The van der Waals surface area contributed by atoms with Gasteiger partial charge in [-0.05, 0) is 36.8 Å². The molecule has 0 radical (unpaired) electrons. The highest BCUT2D eigenvalue weighted by atomic mass is 16.3. The predicted molar refractivity (Wildman–Crippen MR) is 77.9 cm³/mol. The first-order chi connectivity index (χ1) is 10.2. The zero-order chi connectivity index (χ0) is 14.9. The topological polar surface area (TPSA) is 70.7 Å². The van der Waals surface area contributed by atoms with E-state index in [9.17, 15) is 9.90 Å². The number of likely N-dealkylation sites (tertiary alicyclic amines) is 1. The quantitative estimate of drug-likeness (QED) is 0.925. The van der Waals surface area contributed by atoms with Crippen LogP contribution in [-0.2, 0) is 0 Å². The molecule has 0 aliphatic carbocycles. The summed E-state index contributed by atoms with van der Waals surface area (Å²) in [7, 11) is 0. The second-order valence-corrected chi connectivity index (χ2v) is 5.82. The summed E-state index contributed by atoms with van der Waals surface area (Å²) < 4.78 is 1.75. The second-order valence-electron chi connectivity index (χ2n) is 5.82. The molecule has 2 aromatic rings. The van der Waals surface area contributed by atoms with Crippen LogP contribution in [0.15, 0.2) is 24.7 Å². The molecule has 0 bridgehead atoms. The molecule has 1 aliphatic heterocycles. The third kappa shape index (κ3) is 2.51. The number of aromatic nitrogens is 3. The largest absolute Gasteiger partial charge is 0.396 e. The number of carbonyl (C=O) groups is 1. The number of hydrogen-bond donors (Lipinski definition) is 1. The fraction of sp³-hybridized carbons (Fsp3) is 0.533. The number of aliphatic hydroxyl groups is 1. The molecule has 3 heterocycles. The summed E-state index contributed by atoms with van der Waals surface area (Å²) >= 11 is 0. The Hall–Kier alpha value is -1.95. The van der Waals surface area contributed by atoms with Crippen molar-refractivity contribution in [2.75, 3.05) is 19.7 Å². The maximum Gasteiger partial charge on any atom is 0.255 e. The van der Waals surface area contributed by atoms with Crippen LogP contribution in [0.5, 0.6) is 0 Å². The molecule has 1 aliphatic rings. The van der Waals surface area contributed by atoms with Gasteiger partial charge in [0, 0.05) is 25.9 Å². The Kier molecular flexibility index (Phi) is 3.63. The van der Waals surface area contributed by atoms with Crippen molar-refractivity contribution < 1.29 is 9.90 Å². The summed E-state index contributed by atoms with van der Waals surface area (Å²) in [6.07, 6.45) is 6.04. The summed E-state index contributed by atoms with van der Waals surface area (Å²) in [6.45, 7) is 3.72. The van der Waals surface area contributed by atoms with Crippen LogP contribution in [0.3, 0.4) is 0 Å². The SMILES string of the molecule is CCC1(CO)CCN(C(=O)c2ccc3nncn3c2)CC1. The Morgan fingerprint density at radius 1 is 1.38 bits per heavy atom. The van der Waals surface area contributed by atoms with Crippen LogP contribution in [0.4, 0.5) is 0 Å². The third-order valence-corrected chi connectivity index (χ3v) is 4.73.